The molecule has 1 saturated heterocycles. The molecule has 1 aromatic heterocycles. The highest BCUT2D eigenvalue weighted by Crippen LogP contribution is 2.30. The zero-order chi connectivity index (χ0) is 21.9. The number of piperazine rings is 1. The molecule has 32 heavy (non-hydrogen) atoms. The van der Waals surface area contributed by atoms with E-state index in [1.54, 1.807) is 0 Å². The van der Waals surface area contributed by atoms with E-state index in [2.05, 4.69) is 39.4 Å². The van der Waals surface area contributed by atoms with E-state index in [4.69, 9.17) is 4.74 Å². The Kier molecular flexibility index (Phi) is 5.50. The summed E-state index contributed by atoms with van der Waals surface area (Å²) in [5, 5.41) is 9.69. The minimum atomic E-state index is -0.0123. The lowest BCUT2D eigenvalue weighted by atomic mass is 10.0. The van der Waals surface area contributed by atoms with E-state index in [0.29, 0.717) is 25.4 Å². The number of hydrogen-bond acceptors (Lipinski definition) is 4. The lowest BCUT2D eigenvalue weighted by molar-refractivity contribution is 0.0740. The Bertz CT molecular complexity index is 1240. The number of amides is 1. The minimum Gasteiger partial charge on any atom is -0.492 e. The van der Waals surface area contributed by atoms with E-state index in [9.17, 15) is 4.79 Å². The van der Waals surface area contributed by atoms with E-state index in [1.165, 1.54) is 0 Å². The van der Waals surface area contributed by atoms with Crippen molar-refractivity contribution in [3.05, 3.63) is 78.5 Å². The van der Waals surface area contributed by atoms with Gasteiger partial charge in [0.2, 0.25) is 0 Å². The molecule has 1 N–H and O–H groups in total. The van der Waals surface area contributed by atoms with Crippen molar-refractivity contribution in [1.29, 1.82) is 0 Å². The van der Waals surface area contributed by atoms with Gasteiger partial charge in [-0.15, -0.1) is 0 Å². The molecule has 0 atom stereocenters. The predicted octanol–water partition coefficient (Wildman–Crippen LogP) is 4.59. The summed E-state index contributed by atoms with van der Waals surface area (Å²) in [6.45, 7) is 5.46. The molecule has 0 aliphatic carbocycles. The first kappa shape index (κ1) is 20.1. The number of nitrogens with one attached hydrogen (secondary N) is 1. The van der Waals surface area contributed by atoms with Crippen LogP contribution in [0.4, 0.5) is 5.69 Å². The number of hydrogen-bond donors (Lipinski definition) is 1. The number of fused-ring (bicyclic) bond motifs is 1. The fraction of sp³-hybridized carbons (Fsp3) is 0.231. The maximum absolute atomic E-state index is 13.1. The van der Waals surface area contributed by atoms with E-state index in [1.807, 2.05) is 60.4 Å². The molecule has 1 fully saturated rings. The van der Waals surface area contributed by atoms with Gasteiger partial charge in [-0.25, -0.2) is 0 Å². The molecule has 162 valence electrons. The molecule has 0 bridgehead atoms. The highest BCUT2D eigenvalue weighted by Gasteiger charge is 2.25. The number of ether oxygens (including phenoxy) is 1. The normalized spacial score (nSPS) is 14.0. The summed E-state index contributed by atoms with van der Waals surface area (Å²) in [5.74, 6) is 0.879. The van der Waals surface area contributed by atoms with Gasteiger partial charge in [-0.2, -0.15) is 5.10 Å². The van der Waals surface area contributed by atoms with Crippen LogP contribution in [0.5, 0.6) is 5.75 Å². The van der Waals surface area contributed by atoms with E-state index in [0.717, 1.165) is 46.6 Å². The first-order valence-corrected chi connectivity index (χ1v) is 11.0. The molecule has 0 unspecified atom stereocenters. The molecule has 6 nitrogen and oxygen atoms in total. The fourth-order valence-corrected chi connectivity index (χ4v) is 4.33. The third-order valence-corrected chi connectivity index (χ3v) is 5.95. The Balaban J connectivity index is 1.30. The number of anilines is 1. The molecule has 5 rings (SSSR count). The number of H-pyrrole nitrogens is 1. The van der Waals surface area contributed by atoms with E-state index < -0.39 is 0 Å². The number of nitrogens with zero attached hydrogens (tertiary/aromatic N) is 3. The van der Waals surface area contributed by atoms with Crippen LogP contribution in [0.1, 0.15) is 17.4 Å². The number of aromatic nitrogens is 2. The maximum Gasteiger partial charge on any atom is 0.272 e. The number of para-hydroxylation sites is 2. The van der Waals surface area contributed by atoms with Gasteiger partial charge in [-0.1, -0.05) is 54.6 Å². The monoisotopic (exact) mass is 426 g/mol. The number of aromatic amines is 1. The molecule has 1 amide bonds. The Labute approximate surface area is 187 Å². The van der Waals surface area contributed by atoms with Gasteiger partial charge < -0.3 is 14.5 Å². The second-order valence-corrected chi connectivity index (χ2v) is 7.87. The van der Waals surface area contributed by atoms with Crippen molar-refractivity contribution in [2.45, 2.75) is 6.92 Å². The molecule has 0 saturated carbocycles. The van der Waals surface area contributed by atoms with Gasteiger partial charge in [0.25, 0.3) is 5.91 Å². The molecule has 2 heterocycles. The molecular weight excluding hydrogens is 400 g/mol. The fourth-order valence-electron chi connectivity index (χ4n) is 4.33. The second-order valence-electron chi connectivity index (χ2n) is 7.87. The van der Waals surface area contributed by atoms with Gasteiger partial charge in [-0.05, 0) is 35.9 Å². The summed E-state index contributed by atoms with van der Waals surface area (Å²) >= 11 is 0. The van der Waals surface area contributed by atoms with Crippen molar-refractivity contribution in [3.63, 3.8) is 0 Å². The van der Waals surface area contributed by atoms with Crippen molar-refractivity contribution < 1.29 is 9.53 Å². The van der Waals surface area contributed by atoms with Gasteiger partial charge >= 0.3 is 0 Å². The zero-order valence-corrected chi connectivity index (χ0v) is 18.1. The van der Waals surface area contributed by atoms with Crippen LogP contribution in [-0.2, 0) is 0 Å². The Morgan fingerprint density at radius 1 is 0.969 bits per heavy atom. The van der Waals surface area contributed by atoms with Gasteiger partial charge in [0.05, 0.1) is 18.0 Å². The van der Waals surface area contributed by atoms with Crippen molar-refractivity contribution in [1.82, 2.24) is 15.1 Å². The van der Waals surface area contributed by atoms with Crippen LogP contribution in [0.15, 0.2) is 72.8 Å². The number of carbonyl (C=O) groups excluding carboxylic acids is 1. The van der Waals surface area contributed by atoms with Gasteiger partial charge in [-0.3, -0.25) is 9.89 Å². The van der Waals surface area contributed by atoms with Crippen LogP contribution in [0, 0.1) is 0 Å². The quantitative estimate of drug-likeness (QED) is 0.507. The topological polar surface area (TPSA) is 61.5 Å². The third-order valence-electron chi connectivity index (χ3n) is 5.95. The summed E-state index contributed by atoms with van der Waals surface area (Å²) in [7, 11) is 0. The van der Waals surface area contributed by atoms with Crippen LogP contribution >= 0.6 is 0 Å². The SMILES string of the molecule is CCOc1ccccc1N1CCN(C(=O)c2cc(-c3cccc4ccccc34)n[nH]2)CC1. The van der Waals surface area contributed by atoms with Crippen molar-refractivity contribution in [2.24, 2.45) is 0 Å². The Hall–Kier alpha value is -3.80. The number of carbonyl (C=O) groups is 1. The van der Waals surface area contributed by atoms with Crippen molar-refractivity contribution >= 4 is 22.4 Å². The van der Waals surface area contributed by atoms with Gasteiger partial charge in [0, 0.05) is 31.7 Å². The summed E-state index contributed by atoms with van der Waals surface area (Å²) in [6.07, 6.45) is 0. The standard InChI is InChI=1S/C26H26N4O2/c1-2-32-25-13-6-5-12-24(25)29-14-16-30(17-15-29)26(31)23-18-22(27-28-23)21-11-7-9-19-8-3-4-10-20(19)21/h3-13,18H,2,14-17H2,1H3,(H,27,28). The lowest BCUT2D eigenvalue weighted by Gasteiger charge is -2.36. The average Bonchev–Trinajstić information content (AvgIpc) is 3.34. The molecule has 3 aromatic carbocycles. The lowest BCUT2D eigenvalue weighted by Crippen LogP contribution is -2.49. The average molecular weight is 427 g/mol. The summed E-state index contributed by atoms with van der Waals surface area (Å²) in [5.41, 5.74) is 3.42. The van der Waals surface area contributed by atoms with Crippen LogP contribution in [-0.4, -0.2) is 53.8 Å². The number of rotatable bonds is 5. The first-order valence-electron chi connectivity index (χ1n) is 11.0. The minimum absolute atomic E-state index is 0.0123. The molecule has 6 heteroatoms. The Morgan fingerprint density at radius 2 is 1.72 bits per heavy atom. The summed E-state index contributed by atoms with van der Waals surface area (Å²) in [4.78, 5) is 17.3. The highest BCUT2D eigenvalue weighted by atomic mass is 16.5. The maximum atomic E-state index is 13.1. The molecule has 1 aliphatic heterocycles. The van der Waals surface area contributed by atoms with Crippen LogP contribution < -0.4 is 9.64 Å². The van der Waals surface area contributed by atoms with Crippen LogP contribution in [0.3, 0.4) is 0 Å². The molecule has 0 radical (unpaired) electrons. The van der Waals surface area contributed by atoms with Crippen LogP contribution in [0.25, 0.3) is 22.0 Å². The van der Waals surface area contributed by atoms with Gasteiger partial charge in [0.15, 0.2) is 0 Å². The van der Waals surface area contributed by atoms with Crippen LogP contribution in [0.2, 0.25) is 0 Å². The first-order chi connectivity index (χ1) is 15.7. The van der Waals surface area contributed by atoms with Crippen molar-refractivity contribution in [3.8, 4) is 17.0 Å². The van der Waals surface area contributed by atoms with Gasteiger partial charge in [0.1, 0.15) is 11.4 Å². The molecule has 0 spiro atoms. The Morgan fingerprint density at radius 3 is 2.56 bits per heavy atom. The second kappa shape index (κ2) is 8.75. The summed E-state index contributed by atoms with van der Waals surface area (Å²) in [6, 6.07) is 24.3. The third kappa shape index (κ3) is 3.80. The largest absolute Gasteiger partial charge is 0.492 e. The molecule has 4 aromatic rings. The van der Waals surface area contributed by atoms with E-state index >= 15 is 0 Å². The summed E-state index contributed by atoms with van der Waals surface area (Å²) < 4.78 is 5.77. The smallest absolute Gasteiger partial charge is 0.272 e. The van der Waals surface area contributed by atoms with E-state index in [-0.39, 0.29) is 5.91 Å². The van der Waals surface area contributed by atoms with Crippen molar-refractivity contribution in [2.75, 3.05) is 37.7 Å². The highest BCUT2D eigenvalue weighted by molar-refractivity contribution is 5.98. The molecule has 1 aliphatic rings. The molecular formula is C26H26N4O2. The number of benzene rings is 3. The zero-order valence-electron chi connectivity index (χ0n) is 18.1. The predicted molar refractivity (Wildman–Crippen MR) is 127 cm³/mol.